The van der Waals surface area contributed by atoms with Crippen molar-refractivity contribution >= 4 is 37.1 Å². The monoisotopic (exact) mass is 514 g/mol. The Labute approximate surface area is 223 Å². The minimum Gasteiger partial charge on any atom is -0.404 e. The van der Waals surface area contributed by atoms with Gasteiger partial charge in [0.1, 0.15) is 6.10 Å². The fourth-order valence-electron chi connectivity index (χ4n) is 5.39. The molecule has 0 spiro atoms. The van der Waals surface area contributed by atoms with Crippen molar-refractivity contribution in [3.63, 3.8) is 0 Å². The van der Waals surface area contributed by atoms with Gasteiger partial charge in [0.25, 0.3) is 8.32 Å². The standard InChI is InChI=1S/C31H39BO4Si/c1-23(2)28(22-29-30(24(3)33)35-32(34-29)25-16-10-7-11-17-25)36-37(31(4,5)6,26-18-12-8-13-19-26)27-20-14-9-15-21-27/h7-21,23,28-30H,22H2,1-6H3/t28-,29+,30+/m0/s1. The van der Waals surface area contributed by atoms with Gasteiger partial charge in [0.05, 0.1) is 12.2 Å². The van der Waals surface area contributed by atoms with Crippen molar-refractivity contribution in [2.75, 3.05) is 0 Å². The quantitative estimate of drug-likeness (QED) is 0.387. The van der Waals surface area contributed by atoms with Crippen LogP contribution in [0.5, 0.6) is 0 Å². The summed E-state index contributed by atoms with van der Waals surface area (Å²) in [6.45, 7) is 12.8. The number of rotatable bonds is 9. The molecule has 6 heteroatoms. The number of Topliss-reactive ketones (excluding diaryl/α,β-unsaturated/α-hetero) is 1. The van der Waals surface area contributed by atoms with E-state index in [0.29, 0.717) is 6.42 Å². The molecule has 0 aliphatic carbocycles. The summed E-state index contributed by atoms with van der Waals surface area (Å²) >= 11 is 0. The second-order valence-corrected chi connectivity index (χ2v) is 15.6. The topological polar surface area (TPSA) is 44.8 Å². The van der Waals surface area contributed by atoms with E-state index in [1.54, 1.807) is 6.92 Å². The van der Waals surface area contributed by atoms with Crippen molar-refractivity contribution in [3.05, 3.63) is 91.0 Å². The highest BCUT2D eigenvalue weighted by molar-refractivity contribution is 6.99. The lowest BCUT2D eigenvalue weighted by Crippen LogP contribution is -2.68. The zero-order valence-electron chi connectivity index (χ0n) is 22.9. The SMILES string of the molecule is CC(=O)[C@H]1OB(c2ccccc2)O[C@@H]1C[C@H](O[Si](c1ccccc1)(c1ccccc1)C(C)(C)C)C(C)C. The molecule has 1 aliphatic heterocycles. The van der Waals surface area contributed by atoms with Crippen LogP contribution in [0.1, 0.15) is 48.0 Å². The molecule has 3 aromatic carbocycles. The van der Waals surface area contributed by atoms with Gasteiger partial charge in [-0.15, -0.1) is 0 Å². The van der Waals surface area contributed by atoms with Crippen molar-refractivity contribution in [2.24, 2.45) is 5.92 Å². The van der Waals surface area contributed by atoms with Crippen LogP contribution < -0.4 is 15.8 Å². The second-order valence-electron chi connectivity index (χ2n) is 11.4. The summed E-state index contributed by atoms with van der Waals surface area (Å²) in [5, 5.41) is 2.35. The van der Waals surface area contributed by atoms with Crippen LogP contribution >= 0.6 is 0 Å². The third kappa shape index (κ3) is 5.83. The summed E-state index contributed by atoms with van der Waals surface area (Å²) in [5.41, 5.74) is 0.922. The van der Waals surface area contributed by atoms with E-state index in [4.69, 9.17) is 13.7 Å². The van der Waals surface area contributed by atoms with E-state index >= 15 is 0 Å². The van der Waals surface area contributed by atoms with Crippen molar-refractivity contribution in [1.82, 2.24) is 0 Å². The summed E-state index contributed by atoms with van der Waals surface area (Å²) in [5.74, 6) is 0.199. The van der Waals surface area contributed by atoms with E-state index in [0.717, 1.165) is 5.46 Å². The van der Waals surface area contributed by atoms with Crippen molar-refractivity contribution in [1.29, 1.82) is 0 Å². The van der Waals surface area contributed by atoms with Crippen molar-refractivity contribution in [2.45, 2.75) is 71.3 Å². The Morgan fingerprint density at radius 1 is 0.865 bits per heavy atom. The molecule has 0 N–H and O–H groups in total. The fourth-order valence-corrected chi connectivity index (χ4v) is 10.2. The van der Waals surface area contributed by atoms with Crippen LogP contribution in [-0.2, 0) is 18.5 Å². The zero-order chi connectivity index (χ0) is 26.6. The van der Waals surface area contributed by atoms with Gasteiger partial charge in [0, 0.05) is 6.42 Å². The minimum atomic E-state index is -2.76. The van der Waals surface area contributed by atoms with Gasteiger partial charge in [-0.2, -0.15) is 0 Å². The van der Waals surface area contributed by atoms with Gasteiger partial charge in [0.2, 0.25) is 0 Å². The molecule has 0 bridgehead atoms. The molecule has 0 amide bonds. The largest absolute Gasteiger partial charge is 0.494 e. The van der Waals surface area contributed by atoms with Crippen LogP contribution in [-0.4, -0.2) is 39.5 Å². The molecule has 0 saturated carbocycles. The molecule has 1 heterocycles. The lowest BCUT2D eigenvalue weighted by molar-refractivity contribution is -0.125. The highest BCUT2D eigenvalue weighted by atomic mass is 28.4. The fraction of sp³-hybridized carbons (Fsp3) is 0.387. The number of benzene rings is 3. The third-order valence-corrected chi connectivity index (χ3v) is 12.4. The zero-order valence-corrected chi connectivity index (χ0v) is 23.9. The highest BCUT2D eigenvalue weighted by Gasteiger charge is 2.53. The Hall–Kier alpha value is -2.51. The number of ketones is 1. The normalized spacial score (nSPS) is 19.3. The average molecular weight is 515 g/mol. The van der Waals surface area contributed by atoms with Gasteiger partial charge in [-0.25, -0.2) is 0 Å². The molecule has 3 atom stereocenters. The lowest BCUT2D eigenvalue weighted by Gasteiger charge is -2.46. The summed E-state index contributed by atoms with van der Waals surface area (Å²) in [4.78, 5) is 12.6. The van der Waals surface area contributed by atoms with E-state index in [-0.39, 0.29) is 28.9 Å². The number of carbonyl (C=O) groups excluding carboxylic acids is 1. The van der Waals surface area contributed by atoms with Gasteiger partial charge in [0.15, 0.2) is 5.78 Å². The smallest absolute Gasteiger partial charge is 0.404 e. The maximum Gasteiger partial charge on any atom is 0.494 e. The number of carbonyl (C=O) groups is 1. The molecule has 1 aliphatic rings. The predicted octanol–water partition coefficient (Wildman–Crippen LogP) is 4.75. The molecule has 0 radical (unpaired) electrons. The predicted molar refractivity (Wildman–Crippen MR) is 154 cm³/mol. The lowest BCUT2D eigenvalue weighted by atomic mass is 9.79. The first-order valence-corrected chi connectivity index (χ1v) is 15.2. The Bertz CT molecular complexity index is 1110. The van der Waals surface area contributed by atoms with E-state index in [1.807, 2.05) is 30.3 Å². The second kappa shape index (κ2) is 11.5. The molecule has 194 valence electrons. The van der Waals surface area contributed by atoms with Crippen molar-refractivity contribution < 1.29 is 18.5 Å². The van der Waals surface area contributed by atoms with E-state index in [2.05, 4.69) is 95.3 Å². The van der Waals surface area contributed by atoms with Gasteiger partial charge in [-0.1, -0.05) is 126 Å². The van der Waals surface area contributed by atoms with Crippen LogP contribution in [0.4, 0.5) is 0 Å². The first kappa shape index (κ1) is 27.5. The molecule has 4 nitrogen and oxygen atoms in total. The summed E-state index contributed by atoms with van der Waals surface area (Å²) < 4.78 is 20.0. The molecule has 0 aromatic heterocycles. The first-order chi connectivity index (χ1) is 17.6. The van der Waals surface area contributed by atoms with Crippen LogP contribution in [0.15, 0.2) is 91.0 Å². The van der Waals surface area contributed by atoms with Crippen LogP contribution in [0.2, 0.25) is 5.04 Å². The van der Waals surface area contributed by atoms with Crippen LogP contribution in [0.25, 0.3) is 0 Å². The molecular weight excluding hydrogens is 475 g/mol. The maximum absolute atomic E-state index is 12.6. The minimum absolute atomic E-state index is 0.0172. The summed E-state index contributed by atoms with van der Waals surface area (Å²) in [6.07, 6.45) is -0.547. The Morgan fingerprint density at radius 3 is 1.78 bits per heavy atom. The Morgan fingerprint density at radius 2 is 1.35 bits per heavy atom. The van der Waals surface area contributed by atoms with Gasteiger partial charge in [-0.05, 0) is 33.7 Å². The van der Waals surface area contributed by atoms with Gasteiger partial charge >= 0.3 is 7.12 Å². The number of hydrogen-bond acceptors (Lipinski definition) is 4. The van der Waals surface area contributed by atoms with E-state index < -0.39 is 21.5 Å². The van der Waals surface area contributed by atoms with Gasteiger partial charge in [-0.3, -0.25) is 4.79 Å². The third-order valence-electron chi connectivity index (χ3n) is 7.33. The van der Waals surface area contributed by atoms with Crippen LogP contribution in [0.3, 0.4) is 0 Å². The molecular formula is C31H39BO4Si. The highest BCUT2D eigenvalue weighted by Crippen LogP contribution is 2.39. The molecule has 1 fully saturated rings. The average Bonchev–Trinajstić information content (AvgIpc) is 3.31. The Balaban J connectivity index is 1.72. The van der Waals surface area contributed by atoms with Gasteiger partial charge < -0.3 is 13.7 Å². The summed E-state index contributed by atoms with van der Waals surface area (Å²) in [7, 11) is -3.31. The van der Waals surface area contributed by atoms with E-state index in [1.165, 1.54) is 10.4 Å². The van der Waals surface area contributed by atoms with Crippen molar-refractivity contribution in [3.8, 4) is 0 Å². The van der Waals surface area contributed by atoms with Crippen LogP contribution in [0, 0.1) is 5.92 Å². The summed E-state index contributed by atoms with van der Waals surface area (Å²) in [6, 6.07) is 31.2. The van der Waals surface area contributed by atoms with E-state index in [9.17, 15) is 4.79 Å². The number of hydrogen-bond donors (Lipinski definition) is 0. The molecule has 0 unspecified atom stereocenters. The maximum atomic E-state index is 12.6. The molecule has 3 aromatic rings. The molecule has 4 rings (SSSR count). The Kier molecular flexibility index (Phi) is 8.54. The molecule has 37 heavy (non-hydrogen) atoms. The molecule has 1 saturated heterocycles. The first-order valence-electron chi connectivity index (χ1n) is 13.3.